The molecule has 0 aromatic heterocycles. The van der Waals surface area contributed by atoms with E-state index in [-0.39, 0.29) is 0 Å². The summed E-state index contributed by atoms with van der Waals surface area (Å²) in [6.07, 6.45) is 7.45. The van der Waals surface area contributed by atoms with Crippen molar-refractivity contribution < 1.29 is 23.2 Å². The zero-order valence-electron chi connectivity index (χ0n) is 15.1. The first-order valence-corrected chi connectivity index (χ1v) is 10.5. The van der Waals surface area contributed by atoms with Gasteiger partial charge in [-0.15, -0.1) is 0 Å². The maximum atomic E-state index is 2.47. The van der Waals surface area contributed by atoms with Gasteiger partial charge in [-0.3, -0.25) is 0 Å². The predicted molar refractivity (Wildman–Crippen MR) is 89.7 cm³/mol. The summed E-state index contributed by atoms with van der Waals surface area (Å²) in [5.74, 6) is 0. The standard InChI is InChI=1S/2C10H15.Zr/c2*1-8-5-6-9(7-8)10(2,3)4;/h2*7H,6H2,1-4H3;. The van der Waals surface area contributed by atoms with Crippen LogP contribution in [-0.4, -0.2) is 0 Å². The van der Waals surface area contributed by atoms with Gasteiger partial charge in [0.1, 0.15) is 0 Å². The Kier molecular flexibility index (Phi) is 4.75. The summed E-state index contributed by atoms with van der Waals surface area (Å²) in [5.41, 5.74) is 7.09. The number of hydrogen-bond acceptors (Lipinski definition) is 0. The molecule has 0 unspecified atom stereocenters. The van der Waals surface area contributed by atoms with Crippen molar-refractivity contribution in [3.8, 4) is 0 Å². The molecule has 114 valence electrons. The molecule has 0 bridgehead atoms. The topological polar surface area (TPSA) is 0 Å². The molecule has 0 aliphatic heterocycles. The van der Waals surface area contributed by atoms with E-state index in [1.54, 1.807) is 28.9 Å². The second-order valence-corrected chi connectivity index (χ2v) is 12.2. The molecule has 0 spiro atoms. The van der Waals surface area contributed by atoms with E-state index < -0.39 is 23.2 Å². The third-order valence-electron chi connectivity index (χ3n) is 4.70. The number of rotatable bonds is 2. The van der Waals surface area contributed by atoms with Crippen molar-refractivity contribution in [3.05, 3.63) is 41.0 Å². The summed E-state index contributed by atoms with van der Waals surface area (Å²) in [4.78, 5) is 0. The number of allylic oxidation sites excluding steroid dienone is 8. The molecular weight excluding hydrogens is 331 g/mol. The Morgan fingerprint density at radius 1 is 0.714 bits per heavy atom. The molecule has 0 fully saturated rings. The molecule has 0 amide bonds. The van der Waals surface area contributed by atoms with Gasteiger partial charge >= 0.3 is 143 Å². The fraction of sp³-hybridized carbons (Fsp3) is 0.600. The second-order valence-electron chi connectivity index (χ2n) is 8.64. The molecule has 0 radical (unpaired) electrons. The van der Waals surface area contributed by atoms with E-state index in [1.165, 1.54) is 12.8 Å². The van der Waals surface area contributed by atoms with Crippen LogP contribution in [0.25, 0.3) is 0 Å². The fourth-order valence-electron chi connectivity index (χ4n) is 2.89. The Hall–Kier alpha value is -0.157. The Morgan fingerprint density at radius 2 is 1.05 bits per heavy atom. The van der Waals surface area contributed by atoms with Crippen LogP contribution in [0.2, 0.25) is 0 Å². The van der Waals surface area contributed by atoms with Crippen molar-refractivity contribution in [1.29, 1.82) is 0 Å². The molecule has 0 N–H and O–H groups in total. The van der Waals surface area contributed by atoms with Gasteiger partial charge < -0.3 is 0 Å². The van der Waals surface area contributed by atoms with Crippen LogP contribution in [0, 0.1) is 10.8 Å². The molecule has 2 aliphatic rings. The summed E-state index contributed by atoms with van der Waals surface area (Å²) < 4.78 is 3.61. The molecule has 2 aliphatic carbocycles. The summed E-state index contributed by atoms with van der Waals surface area (Å²) in [6, 6.07) is 0. The van der Waals surface area contributed by atoms with Gasteiger partial charge in [0.05, 0.1) is 0 Å². The van der Waals surface area contributed by atoms with Crippen LogP contribution >= 0.6 is 0 Å². The first-order valence-electron chi connectivity index (χ1n) is 8.07. The molecule has 0 atom stereocenters. The third-order valence-corrected chi connectivity index (χ3v) is 8.99. The van der Waals surface area contributed by atoms with Gasteiger partial charge in [-0.1, -0.05) is 0 Å². The maximum absolute atomic E-state index is 2.47. The van der Waals surface area contributed by atoms with Crippen LogP contribution in [0.1, 0.15) is 68.2 Å². The minimum absolute atomic E-state index is 0.330. The van der Waals surface area contributed by atoms with E-state index in [1.807, 2.05) is 0 Å². The van der Waals surface area contributed by atoms with Crippen molar-refractivity contribution in [2.24, 2.45) is 10.8 Å². The van der Waals surface area contributed by atoms with Crippen LogP contribution in [0.5, 0.6) is 0 Å². The average molecular weight is 362 g/mol. The van der Waals surface area contributed by atoms with Gasteiger partial charge in [0.25, 0.3) is 0 Å². The van der Waals surface area contributed by atoms with Gasteiger partial charge in [0.15, 0.2) is 0 Å². The van der Waals surface area contributed by atoms with Gasteiger partial charge in [-0.25, -0.2) is 0 Å². The quantitative estimate of drug-likeness (QED) is 0.536. The van der Waals surface area contributed by atoms with Crippen molar-refractivity contribution in [2.45, 2.75) is 68.2 Å². The first-order chi connectivity index (χ1) is 9.48. The Labute approximate surface area is 143 Å². The molecule has 2 rings (SSSR count). The molecule has 0 saturated heterocycles. The van der Waals surface area contributed by atoms with Crippen molar-refractivity contribution in [2.75, 3.05) is 0 Å². The van der Waals surface area contributed by atoms with Gasteiger partial charge in [0.2, 0.25) is 0 Å². The van der Waals surface area contributed by atoms with Crippen LogP contribution in [0.15, 0.2) is 41.0 Å². The number of hydrogen-bond donors (Lipinski definition) is 0. The summed E-state index contributed by atoms with van der Waals surface area (Å²) in [7, 11) is 0. The normalized spacial score (nSPS) is 20.2. The van der Waals surface area contributed by atoms with Gasteiger partial charge in [0, 0.05) is 0 Å². The monoisotopic (exact) mass is 360 g/mol. The SMILES string of the molecule is CC1=[C]([Zr][C]2=C(C)C=C(C(C)(C)C)C2)CC(C(C)(C)C)=C1. The van der Waals surface area contributed by atoms with Crippen LogP contribution in [-0.2, 0) is 23.2 Å². The minimum atomic E-state index is -0.574. The van der Waals surface area contributed by atoms with Gasteiger partial charge in [-0.2, -0.15) is 0 Å². The zero-order valence-corrected chi connectivity index (χ0v) is 17.5. The van der Waals surface area contributed by atoms with E-state index in [4.69, 9.17) is 0 Å². The van der Waals surface area contributed by atoms with E-state index in [0.717, 1.165) is 0 Å². The van der Waals surface area contributed by atoms with Crippen molar-refractivity contribution in [1.82, 2.24) is 0 Å². The molecule has 0 aromatic carbocycles. The first kappa shape index (κ1) is 17.2. The summed E-state index contributed by atoms with van der Waals surface area (Å²) in [5, 5.41) is 0. The van der Waals surface area contributed by atoms with E-state index in [2.05, 4.69) is 67.5 Å². The van der Waals surface area contributed by atoms with E-state index in [0.29, 0.717) is 10.8 Å². The zero-order chi connectivity index (χ0) is 16.0. The van der Waals surface area contributed by atoms with E-state index in [9.17, 15) is 0 Å². The Bertz CT molecular complexity index is 514. The van der Waals surface area contributed by atoms with Crippen molar-refractivity contribution in [3.63, 3.8) is 0 Å². The van der Waals surface area contributed by atoms with Crippen LogP contribution in [0.4, 0.5) is 0 Å². The fourth-order valence-corrected chi connectivity index (χ4v) is 6.48. The summed E-state index contributed by atoms with van der Waals surface area (Å²) >= 11 is -0.574. The predicted octanol–water partition coefficient (Wildman–Crippen LogP) is 6.37. The molecule has 0 saturated carbocycles. The van der Waals surface area contributed by atoms with Gasteiger partial charge in [-0.05, 0) is 0 Å². The molecule has 1 heteroatoms. The van der Waals surface area contributed by atoms with Crippen molar-refractivity contribution >= 4 is 0 Å². The molecule has 0 heterocycles. The Morgan fingerprint density at radius 3 is 1.29 bits per heavy atom. The summed E-state index contributed by atoms with van der Waals surface area (Å²) in [6.45, 7) is 18.7. The van der Waals surface area contributed by atoms with Crippen LogP contribution < -0.4 is 0 Å². The van der Waals surface area contributed by atoms with Crippen LogP contribution in [0.3, 0.4) is 0 Å². The third kappa shape index (κ3) is 3.98. The molecule has 0 nitrogen and oxygen atoms in total. The average Bonchev–Trinajstić information content (AvgIpc) is 2.84. The Balaban J connectivity index is 2.07. The molecule has 21 heavy (non-hydrogen) atoms. The molecule has 0 aromatic rings. The van der Waals surface area contributed by atoms with E-state index >= 15 is 0 Å². The molecular formula is C20H30Zr. The second kappa shape index (κ2) is 5.80.